The number of aromatic nitrogens is 2. The van der Waals surface area contributed by atoms with Crippen LogP contribution in [-0.2, 0) is 11.3 Å². The number of methoxy groups -OCH3 is 2. The van der Waals surface area contributed by atoms with E-state index in [1.165, 1.54) is 11.3 Å². The van der Waals surface area contributed by atoms with Gasteiger partial charge < -0.3 is 19.1 Å². The molecule has 7 nitrogen and oxygen atoms in total. The van der Waals surface area contributed by atoms with Gasteiger partial charge >= 0.3 is 0 Å². The molecule has 4 aromatic rings. The van der Waals surface area contributed by atoms with Crippen molar-refractivity contribution >= 4 is 17.2 Å². The van der Waals surface area contributed by atoms with Gasteiger partial charge in [0.05, 0.1) is 42.1 Å². The Balaban J connectivity index is 1.73. The number of carbonyl (C=O) groups excluding carboxylic acids is 1. The van der Waals surface area contributed by atoms with Crippen LogP contribution in [0.4, 0.5) is 0 Å². The molecule has 176 valence electrons. The average Bonchev–Trinajstić information content (AvgIpc) is 3.51. The number of amides is 1. The van der Waals surface area contributed by atoms with E-state index in [1.54, 1.807) is 23.8 Å². The first-order valence-corrected chi connectivity index (χ1v) is 11.8. The summed E-state index contributed by atoms with van der Waals surface area (Å²) in [5.41, 5.74) is 2.49. The molecule has 0 bridgehead atoms. The summed E-state index contributed by atoms with van der Waals surface area (Å²) in [7, 11) is 3.26. The van der Waals surface area contributed by atoms with Gasteiger partial charge in [-0.1, -0.05) is 24.3 Å². The summed E-state index contributed by atoms with van der Waals surface area (Å²) >= 11 is 1.42. The number of benzene rings is 2. The van der Waals surface area contributed by atoms with Gasteiger partial charge in [-0.2, -0.15) is 5.10 Å². The largest absolute Gasteiger partial charge is 0.497 e. The molecular formula is C26H27N3O4S. The summed E-state index contributed by atoms with van der Waals surface area (Å²) in [5.74, 6) is 1.91. The molecule has 2 aromatic heterocycles. The SMILES string of the molecule is COCCN(Cc1c(C)nn(-c2ccccc2)c1Oc1ccc(OC)cc1)C(=O)c1cccs1. The van der Waals surface area contributed by atoms with E-state index in [-0.39, 0.29) is 5.91 Å². The molecule has 0 N–H and O–H groups in total. The van der Waals surface area contributed by atoms with Gasteiger partial charge in [0.25, 0.3) is 5.91 Å². The predicted octanol–water partition coefficient (Wildman–Crippen LogP) is 5.33. The second kappa shape index (κ2) is 11.0. The molecule has 0 aliphatic rings. The first-order valence-electron chi connectivity index (χ1n) is 10.9. The van der Waals surface area contributed by atoms with Crippen molar-refractivity contribution in [3.63, 3.8) is 0 Å². The van der Waals surface area contributed by atoms with Gasteiger partial charge in [0, 0.05) is 13.7 Å². The molecule has 2 aromatic carbocycles. The topological polar surface area (TPSA) is 65.8 Å². The van der Waals surface area contributed by atoms with Crippen LogP contribution in [0.25, 0.3) is 5.69 Å². The summed E-state index contributed by atoms with van der Waals surface area (Å²) in [5, 5.41) is 6.67. The molecule has 0 radical (unpaired) electrons. The molecule has 34 heavy (non-hydrogen) atoms. The lowest BCUT2D eigenvalue weighted by molar-refractivity contribution is 0.0684. The van der Waals surface area contributed by atoms with Crippen LogP contribution >= 0.6 is 11.3 Å². The minimum atomic E-state index is -0.0469. The maximum atomic E-state index is 13.2. The normalized spacial score (nSPS) is 10.8. The van der Waals surface area contributed by atoms with Crippen LogP contribution in [0.15, 0.2) is 72.1 Å². The zero-order valence-corrected chi connectivity index (χ0v) is 20.2. The van der Waals surface area contributed by atoms with E-state index in [0.29, 0.717) is 36.2 Å². The van der Waals surface area contributed by atoms with Gasteiger partial charge in [-0.15, -0.1) is 11.3 Å². The Morgan fingerprint density at radius 3 is 2.38 bits per heavy atom. The molecule has 0 atom stereocenters. The third-order valence-corrected chi connectivity index (χ3v) is 6.20. The van der Waals surface area contributed by atoms with Crippen molar-refractivity contribution in [2.45, 2.75) is 13.5 Å². The van der Waals surface area contributed by atoms with Crippen molar-refractivity contribution in [2.75, 3.05) is 27.4 Å². The van der Waals surface area contributed by atoms with Crippen LogP contribution in [0, 0.1) is 6.92 Å². The highest BCUT2D eigenvalue weighted by Gasteiger charge is 2.24. The van der Waals surface area contributed by atoms with Crippen LogP contribution in [0.3, 0.4) is 0 Å². The third kappa shape index (κ3) is 5.30. The van der Waals surface area contributed by atoms with Crippen LogP contribution in [0.1, 0.15) is 20.9 Å². The van der Waals surface area contributed by atoms with Gasteiger partial charge in [0.15, 0.2) is 0 Å². The van der Waals surface area contributed by atoms with Gasteiger partial charge in [-0.25, -0.2) is 4.68 Å². The Morgan fingerprint density at radius 1 is 1.00 bits per heavy atom. The van der Waals surface area contributed by atoms with E-state index in [4.69, 9.17) is 19.3 Å². The van der Waals surface area contributed by atoms with Crippen molar-refractivity contribution in [3.8, 4) is 23.1 Å². The number of para-hydroxylation sites is 1. The van der Waals surface area contributed by atoms with E-state index in [9.17, 15) is 4.79 Å². The first kappa shape index (κ1) is 23.5. The minimum absolute atomic E-state index is 0.0469. The molecule has 0 unspecified atom stereocenters. The van der Waals surface area contributed by atoms with Gasteiger partial charge in [-0.05, 0) is 54.8 Å². The van der Waals surface area contributed by atoms with Crippen LogP contribution in [-0.4, -0.2) is 48.0 Å². The fourth-order valence-corrected chi connectivity index (χ4v) is 4.22. The molecule has 0 spiro atoms. The zero-order chi connectivity index (χ0) is 23.9. The summed E-state index contributed by atoms with van der Waals surface area (Å²) in [6.07, 6.45) is 0. The Labute approximate surface area is 203 Å². The molecule has 0 saturated carbocycles. The number of nitrogens with zero attached hydrogens (tertiary/aromatic N) is 3. The minimum Gasteiger partial charge on any atom is -0.497 e. The fraction of sp³-hybridized carbons (Fsp3) is 0.231. The maximum absolute atomic E-state index is 13.2. The number of carbonyl (C=O) groups is 1. The van der Waals surface area contributed by atoms with Gasteiger partial charge in [0.1, 0.15) is 11.5 Å². The predicted molar refractivity (Wildman–Crippen MR) is 132 cm³/mol. The molecular weight excluding hydrogens is 450 g/mol. The molecule has 1 amide bonds. The molecule has 0 fully saturated rings. The highest BCUT2D eigenvalue weighted by atomic mass is 32.1. The number of hydrogen-bond donors (Lipinski definition) is 0. The van der Waals surface area contributed by atoms with E-state index in [2.05, 4.69) is 0 Å². The molecule has 0 saturated heterocycles. The van der Waals surface area contributed by atoms with Gasteiger partial charge in [-0.3, -0.25) is 4.79 Å². The molecule has 0 aliphatic heterocycles. The van der Waals surface area contributed by atoms with Crippen LogP contribution in [0.5, 0.6) is 17.4 Å². The molecule has 8 heteroatoms. The third-order valence-electron chi connectivity index (χ3n) is 5.35. The van der Waals surface area contributed by atoms with Crippen molar-refractivity contribution in [2.24, 2.45) is 0 Å². The lowest BCUT2D eigenvalue weighted by Crippen LogP contribution is -2.33. The smallest absolute Gasteiger partial charge is 0.264 e. The van der Waals surface area contributed by atoms with Crippen molar-refractivity contribution in [1.29, 1.82) is 0 Å². The number of rotatable bonds is 10. The molecule has 0 aliphatic carbocycles. The number of aryl methyl sites for hydroxylation is 1. The number of thiophene rings is 1. The second-order valence-corrected chi connectivity index (χ2v) is 8.54. The lowest BCUT2D eigenvalue weighted by atomic mass is 10.2. The summed E-state index contributed by atoms with van der Waals surface area (Å²) in [4.78, 5) is 15.7. The van der Waals surface area contributed by atoms with Crippen LogP contribution in [0.2, 0.25) is 0 Å². The van der Waals surface area contributed by atoms with Crippen LogP contribution < -0.4 is 9.47 Å². The average molecular weight is 478 g/mol. The molecule has 4 rings (SSSR count). The summed E-state index contributed by atoms with van der Waals surface area (Å²) in [6.45, 7) is 3.15. The van der Waals surface area contributed by atoms with E-state index in [0.717, 1.165) is 22.7 Å². The Hall–Kier alpha value is -3.62. The Kier molecular flexibility index (Phi) is 7.61. The zero-order valence-electron chi connectivity index (χ0n) is 19.4. The van der Waals surface area contributed by atoms with E-state index >= 15 is 0 Å². The van der Waals surface area contributed by atoms with Crippen molar-refractivity contribution in [1.82, 2.24) is 14.7 Å². The highest BCUT2D eigenvalue weighted by Crippen LogP contribution is 2.32. The number of ether oxygens (including phenoxy) is 3. The standard InChI is InChI=1S/C26H27N3O4S/c1-19-23(18-28(15-16-31-2)25(30)24-10-7-17-34-24)26(29(27-19)20-8-5-4-6-9-20)33-22-13-11-21(32-3)12-14-22/h4-14,17H,15-16,18H2,1-3H3. The van der Waals surface area contributed by atoms with Crippen molar-refractivity contribution < 1.29 is 19.0 Å². The number of hydrogen-bond acceptors (Lipinski definition) is 6. The Bertz CT molecular complexity index is 1210. The lowest BCUT2D eigenvalue weighted by Gasteiger charge is -2.22. The summed E-state index contributed by atoms with van der Waals surface area (Å²) < 4.78 is 18.7. The first-order chi connectivity index (χ1) is 16.6. The van der Waals surface area contributed by atoms with E-state index < -0.39 is 0 Å². The van der Waals surface area contributed by atoms with E-state index in [1.807, 2.05) is 79.0 Å². The molecule has 2 heterocycles. The van der Waals surface area contributed by atoms with Crippen molar-refractivity contribution in [3.05, 3.63) is 88.2 Å². The second-order valence-electron chi connectivity index (χ2n) is 7.59. The van der Waals surface area contributed by atoms with Gasteiger partial charge in [0.2, 0.25) is 5.88 Å². The highest BCUT2D eigenvalue weighted by molar-refractivity contribution is 7.12. The monoisotopic (exact) mass is 477 g/mol. The fourth-order valence-electron chi connectivity index (χ4n) is 3.53. The summed E-state index contributed by atoms with van der Waals surface area (Å²) in [6, 6.07) is 20.9. The maximum Gasteiger partial charge on any atom is 0.264 e. The quantitative estimate of drug-likeness (QED) is 0.309. The Morgan fingerprint density at radius 2 is 1.74 bits per heavy atom.